The minimum absolute atomic E-state index is 0.0366. The Bertz CT molecular complexity index is 1200. The lowest BCUT2D eigenvalue weighted by Crippen LogP contribution is -2.25. The molecule has 5 rings (SSSR count). The number of hydrogen-bond acceptors (Lipinski definition) is 4. The highest BCUT2D eigenvalue weighted by Gasteiger charge is 2.35. The summed E-state index contributed by atoms with van der Waals surface area (Å²) in [6, 6.07) is 13.5. The summed E-state index contributed by atoms with van der Waals surface area (Å²) in [6.07, 6.45) is 2.24. The first-order valence-corrected chi connectivity index (χ1v) is 9.44. The van der Waals surface area contributed by atoms with Crippen LogP contribution in [-0.4, -0.2) is 27.6 Å². The largest absolute Gasteiger partial charge is 0.361 e. The molecule has 2 aromatic carbocycles. The molecule has 1 N–H and O–H groups in total. The van der Waals surface area contributed by atoms with Gasteiger partial charge in [0.05, 0.1) is 0 Å². The van der Waals surface area contributed by atoms with Gasteiger partial charge in [-0.05, 0) is 48.2 Å². The van der Waals surface area contributed by atoms with Crippen molar-refractivity contribution in [3.05, 3.63) is 65.1 Å². The number of aromatic nitrogens is 3. The first-order valence-electron chi connectivity index (χ1n) is 9.07. The molecule has 3 heterocycles. The summed E-state index contributed by atoms with van der Waals surface area (Å²) in [4.78, 5) is 22.1. The first-order chi connectivity index (χ1) is 13.6. The molecule has 28 heavy (non-hydrogen) atoms. The van der Waals surface area contributed by atoms with Crippen LogP contribution in [0.25, 0.3) is 22.4 Å². The van der Waals surface area contributed by atoms with Crippen molar-refractivity contribution in [2.24, 2.45) is 0 Å². The van der Waals surface area contributed by atoms with Gasteiger partial charge in [-0.3, -0.25) is 4.79 Å². The minimum atomic E-state index is -0.113. The molecule has 140 valence electrons. The molecule has 0 radical (unpaired) electrons. The number of benzene rings is 2. The van der Waals surface area contributed by atoms with E-state index in [9.17, 15) is 4.79 Å². The number of carbonyl (C=O) groups excluding carboxylic acids is 1. The Hall–Kier alpha value is -3.12. The molecule has 1 unspecified atom stereocenters. The summed E-state index contributed by atoms with van der Waals surface area (Å²) in [5, 5.41) is 5.91. The number of fused-ring (bicyclic) bond motifs is 1. The van der Waals surface area contributed by atoms with Gasteiger partial charge in [0.1, 0.15) is 0 Å². The van der Waals surface area contributed by atoms with Gasteiger partial charge in [0, 0.05) is 46.9 Å². The topological polar surface area (TPSA) is 75.0 Å². The second kappa shape index (κ2) is 6.49. The van der Waals surface area contributed by atoms with Crippen LogP contribution < -0.4 is 4.90 Å². The molecule has 7 heteroatoms. The van der Waals surface area contributed by atoms with Crippen LogP contribution in [0.3, 0.4) is 0 Å². The molecular weight excluding hydrogens is 376 g/mol. The Morgan fingerprint density at radius 1 is 1.25 bits per heavy atom. The number of hydrogen-bond donors (Lipinski definition) is 1. The van der Waals surface area contributed by atoms with E-state index in [1.165, 1.54) is 0 Å². The number of carbonyl (C=O) groups is 1. The van der Waals surface area contributed by atoms with Crippen LogP contribution in [0.1, 0.15) is 23.7 Å². The Kier molecular flexibility index (Phi) is 3.94. The Morgan fingerprint density at radius 2 is 2.14 bits per heavy atom. The average Bonchev–Trinajstić information content (AvgIpc) is 3.42. The summed E-state index contributed by atoms with van der Waals surface area (Å²) in [5.41, 5.74) is 3.59. The van der Waals surface area contributed by atoms with Crippen LogP contribution in [0.4, 0.5) is 5.69 Å². The van der Waals surface area contributed by atoms with E-state index in [-0.39, 0.29) is 11.8 Å². The van der Waals surface area contributed by atoms with E-state index in [1.54, 1.807) is 4.90 Å². The molecule has 1 amide bonds. The van der Waals surface area contributed by atoms with E-state index < -0.39 is 0 Å². The van der Waals surface area contributed by atoms with Crippen molar-refractivity contribution in [2.45, 2.75) is 19.3 Å². The number of halogens is 1. The van der Waals surface area contributed by atoms with Crippen molar-refractivity contribution >= 4 is 34.1 Å². The molecule has 1 saturated heterocycles. The van der Waals surface area contributed by atoms with Crippen LogP contribution >= 0.6 is 11.6 Å². The first kappa shape index (κ1) is 17.0. The second-order valence-corrected chi connectivity index (χ2v) is 7.43. The second-order valence-electron chi connectivity index (χ2n) is 7.03. The van der Waals surface area contributed by atoms with Gasteiger partial charge in [0.2, 0.25) is 5.91 Å². The van der Waals surface area contributed by atoms with Gasteiger partial charge < -0.3 is 14.4 Å². The highest BCUT2D eigenvalue weighted by atomic mass is 35.5. The van der Waals surface area contributed by atoms with Crippen LogP contribution in [0, 0.1) is 6.92 Å². The third-order valence-corrected chi connectivity index (χ3v) is 5.67. The van der Waals surface area contributed by atoms with Crippen molar-refractivity contribution in [2.75, 3.05) is 11.4 Å². The van der Waals surface area contributed by atoms with E-state index in [0.717, 1.165) is 27.7 Å². The molecule has 2 aromatic heterocycles. The number of anilines is 1. The van der Waals surface area contributed by atoms with E-state index in [2.05, 4.69) is 15.1 Å². The molecule has 0 aliphatic carbocycles. The minimum Gasteiger partial charge on any atom is -0.361 e. The van der Waals surface area contributed by atoms with Gasteiger partial charge in [-0.1, -0.05) is 28.9 Å². The quantitative estimate of drug-likeness (QED) is 0.548. The standard InChI is InChI=1S/C21H17ClN4O2/c1-12-16(22)3-2-4-18(12)26-11-15(10-19(26)27)20-24-21(28-25-20)14-6-5-13-7-8-23-17(13)9-14/h2-9,15,23H,10-11H2,1H3. The number of amides is 1. The summed E-state index contributed by atoms with van der Waals surface area (Å²) in [7, 11) is 0. The normalized spacial score (nSPS) is 17.0. The maximum atomic E-state index is 12.6. The average molecular weight is 393 g/mol. The fraction of sp³-hybridized carbons (Fsp3) is 0.190. The van der Waals surface area contributed by atoms with Gasteiger partial charge in [-0.2, -0.15) is 4.98 Å². The van der Waals surface area contributed by atoms with Crippen molar-refractivity contribution in [1.29, 1.82) is 0 Å². The summed E-state index contributed by atoms with van der Waals surface area (Å²) >= 11 is 6.22. The number of nitrogens with one attached hydrogen (secondary N) is 1. The molecule has 0 bridgehead atoms. The number of nitrogens with zero attached hydrogens (tertiary/aromatic N) is 3. The van der Waals surface area contributed by atoms with Crippen LogP contribution in [0.2, 0.25) is 5.02 Å². The predicted octanol–water partition coefficient (Wildman–Crippen LogP) is 4.70. The molecule has 0 saturated carbocycles. The fourth-order valence-electron chi connectivity index (χ4n) is 3.70. The van der Waals surface area contributed by atoms with E-state index in [0.29, 0.717) is 29.7 Å². The lowest BCUT2D eigenvalue weighted by Gasteiger charge is -2.19. The van der Waals surface area contributed by atoms with Gasteiger partial charge >= 0.3 is 0 Å². The van der Waals surface area contributed by atoms with Crippen molar-refractivity contribution in [3.8, 4) is 11.5 Å². The van der Waals surface area contributed by atoms with E-state index in [4.69, 9.17) is 16.1 Å². The van der Waals surface area contributed by atoms with Crippen molar-refractivity contribution in [3.63, 3.8) is 0 Å². The lowest BCUT2D eigenvalue weighted by molar-refractivity contribution is -0.117. The summed E-state index contributed by atoms with van der Waals surface area (Å²) in [6.45, 7) is 2.43. The molecule has 1 aliphatic rings. The number of H-pyrrole nitrogens is 1. The smallest absolute Gasteiger partial charge is 0.258 e. The van der Waals surface area contributed by atoms with Crippen LogP contribution in [-0.2, 0) is 4.79 Å². The van der Waals surface area contributed by atoms with E-state index >= 15 is 0 Å². The third kappa shape index (κ3) is 2.77. The predicted molar refractivity (Wildman–Crippen MR) is 107 cm³/mol. The highest BCUT2D eigenvalue weighted by molar-refractivity contribution is 6.31. The highest BCUT2D eigenvalue weighted by Crippen LogP contribution is 2.35. The van der Waals surface area contributed by atoms with Gasteiger partial charge in [0.15, 0.2) is 5.82 Å². The van der Waals surface area contributed by atoms with Gasteiger partial charge in [-0.15, -0.1) is 0 Å². The molecule has 6 nitrogen and oxygen atoms in total. The van der Waals surface area contributed by atoms with Crippen molar-refractivity contribution in [1.82, 2.24) is 15.1 Å². The summed E-state index contributed by atoms with van der Waals surface area (Å²) < 4.78 is 5.48. The summed E-state index contributed by atoms with van der Waals surface area (Å²) in [5.74, 6) is 0.931. The van der Waals surface area contributed by atoms with Crippen molar-refractivity contribution < 1.29 is 9.32 Å². The zero-order chi connectivity index (χ0) is 19.3. The zero-order valence-corrected chi connectivity index (χ0v) is 15.9. The SMILES string of the molecule is Cc1c(Cl)cccc1N1CC(c2noc(-c3ccc4cc[nH]c4c3)n2)CC1=O. The number of aromatic amines is 1. The maximum Gasteiger partial charge on any atom is 0.258 e. The van der Waals surface area contributed by atoms with Crippen LogP contribution in [0.15, 0.2) is 53.2 Å². The maximum absolute atomic E-state index is 12.6. The molecule has 0 spiro atoms. The third-order valence-electron chi connectivity index (χ3n) is 5.26. The Labute approximate surface area is 166 Å². The van der Waals surface area contributed by atoms with E-state index in [1.807, 2.05) is 55.6 Å². The molecular formula is C21H17ClN4O2. The van der Waals surface area contributed by atoms with Gasteiger partial charge in [0.25, 0.3) is 5.89 Å². The molecule has 4 aromatic rings. The zero-order valence-electron chi connectivity index (χ0n) is 15.1. The number of rotatable bonds is 3. The molecule has 1 atom stereocenters. The monoisotopic (exact) mass is 392 g/mol. The lowest BCUT2D eigenvalue weighted by atomic mass is 10.1. The molecule has 1 fully saturated rings. The van der Waals surface area contributed by atoms with Crippen LogP contribution in [0.5, 0.6) is 0 Å². The fourth-order valence-corrected chi connectivity index (χ4v) is 3.87. The molecule has 1 aliphatic heterocycles. The van der Waals surface area contributed by atoms with Gasteiger partial charge in [-0.25, -0.2) is 0 Å². The Balaban J connectivity index is 1.42. The Morgan fingerprint density at radius 3 is 3.04 bits per heavy atom.